The number of carbonyl (C=O) groups excluding carboxylic acids is 2. The zero-order chi connectivity index (χ0) is 19.4. The molecule has 140 valence electrons. The van der Waals surface area contributed by atoms with Gasteiger partial charge in [0.25, 0.3) is 5.91 Å². The van der Waals surface area contributed by atoms with Gasteiger partial charge in [-0.15, -0.1) is 0 Å². The standard InChI is InChI=1S/C17H18ClN7O2/c1-24-10-11(8-20-24)7-19-16(26)15-14(9-21-25(15)2)23-17(27)22-13-5-3-12(18)4-6-13/h3-6,8-10H,7H2,1-2H3,(H,19,26)(H2,22,23,27). The highest BCUT2D eigenvalue weighted by atomic mass is 35.5. The van der Waals surface area contributed by atoms with Crippen LogP contribution in [0.4, 0.5) is 16.2 Å². The Kier molecular flexibility index (Phi) is 5.41. The Hall–Kier alpha value is -3.33. The minimum atomic E-state index is -0.494. The van der Waals surface area contributed by atoms with Crippen LogP contribution in [0.15, 0.2) is 42.9 Å². The lowest BCUT2D eigenvalue weighted by molar-refractivity contribution is 0.0942. The lowest BCUT2D eigenvalue weighted by Gasteiger charge is -2.09. The minimum absolute atomic E-state index is 0.241. The second-order valence-corrected chi connectivity index (χ2v) is 6.26. The van der Waals surface area contributed by atoms with Crippen LogP contribution in [0, 0.1) is 0 Å². The molecule has 0 fully saturated rings. The maximum atomic E-state index is 12.5. The Morgan fingerprint density at radius 3 is 2.48 bits per heavy atom. The normalized spacial score (nSPS) is 10.5. The highest BCUT2D eigenvalue weighted by Gasteiger charge is 2.18. The van der Waals surface area contributed by atoms with Gasteiger partial charge in [0.1, 0.15) is 5.69 Å². The average molecular weight is 388 g/mol. The summed E-state index contributed by atoms with van der Waals surface area (Å²) in [6.07, 6.45) is 4.89. The molecular weight excluding hydrogens is 370 g/mol. The van der Waals surface area contributed by atoms with Gasteiger partial charge >= 0.3 is 6.03 Å². The fourth-order valence-electron chi connectivity index (χ4n) is 2.45. The monoisotopic (exact) mass is 387 g/mol. The fourth-order valence-corrected chi connectivity index (χ4v) is 2.57. The zero-order valence-corrected chi connectivity index (χ0v) is 15.5. The molecule has 3 amide bonds. The van der Waals surface area contributed by atoms with Crippen molar-refractivity contribution in [3.63, 3.8) is 0 Å². The number of amides is 3. The molecule has 0 aliphatic heterocycles. The number of anilines is 2. The van der Waals surface area contributed by atoms with Crippen molar-refractivity contribution in [1.82, 2.24) is 24.9 Å². The number of benzene rings is 1. The number of carbonyl (C=O) groups is 2. The van der Waals surface area contributed by atoms with Gasteiger partial charge in [0, 0.05) is 43.1 Å². The van der Waals surface area contributed by atoms with Gasteiger partial charge in [-0.3, -0.25) is 14.2 Å². The molecule has 0 unspecified atom stereocenters. The molecule has 27 heavy (non-hydrogen) atoms. The number of urea groups is 1. The Bertz CT molecular complexity index is 962. The molecular formula is C17H18ClN7O2. The number of halogens is 1. The van der Waals surface area contributed by atoms with Crippen molar-refractivity contribution >= 4 is 34.9 Å². The van der Waals surface area contributed by atoms with Crippen LogP contribution in [0.1, 0.15) is 16.1 Å². The molecule has 0 radical (unpaired) electrons. The number of hydrogen-bond donors (Lipinski definition) is 3. The van der Waals surface area contributed by atoms with Gasteiger partial charge in [-0.1, -0.05) is 11.6 Å². The molecule has 0 atom stereocenters. The molecule has 0 saturated heterocycles. The van der Waals surface area contributed by atoms with E-state index in [1.54, 1.807) is 49.2 Å². The second-order valence-electron chi connectivity index (χ2n) is 5.82. The van der Waals surface area contributed by atoms with Gasteiger partial charge < -0.3 is 16.0 Å². The molecule has 2 aromatic heterocycles. The summed E-state index contributed by atoms with van der Waals surface area (Å²) in [4.78, 5) is 24.7. The van der Waals surface area contributed by atoms with E-state index in [4.69, 9.17) is 11.6 Å². The van der Waals surface area contributed by atoms with Gasteiger partial charge in [-0.25, -0.2) is 4.79 Å². The van der Waals surface area contributed by atoms with Gasteiger partial charge in [0.15, 0.2) is 0 Å². The first-order valence-corrected chi connectivity index (χ1v) is 8.41. The van der Waals surface area contributed by atoms with Gasteiger partial charge in [-0.2, -0.15) is 10.2 Å². The summed E-state index contributed by atoms with van der Waals surface area (Å²) in [6.45, 7) is 0.314. The van der Waals surface area contributed by atoms with Crippen LogP contribution >= 0.6 is 11.6 Å². The predicted molar refractivity (Wildman–Crippen MR) is 102 cm³/mol. The summed E-state index contributed by atoms with van der Waals surface area (Å²) in [5.74, 6) is -0.361. The van der Waals surface area contributed by atoms with Crippen LogP contribution in [0.3, 0.4) is 0 Å². The smallest absolute Gasteiger partial charge is 0.323 e. The van der Waals surface area contributed by atoms with E-state index in [1.807, 2.05) is 6.20 Å². The van der Waals surface area contributed by atoms with Crippen LogP contribution in [0.2, 0.25) is 5.02 Å². The number of hydrogen-bond acceptors (Lipinski definition) is 4. The van der Waals surface area contributed by atoms with Gasteiger partial charge in [0.05, 0.1) is 18.1 Å². The molecule has 0 aliphatic rings. The maximum absolute atomic E-state index is 12.5. The molecule has 3 rings (SSSR count). The predicted octanol–water partition coefficient (Wildman–Crippen LogP) is 2.38. The van der Waals surface area contributed by atoms with E-state index >= 15 is 0 Å². The fraction of sp³-hybridized carbons (Fsp3) is 0.176. The number of rotatable bonds is 5. The molecule has 3 aromatic rings. The summed E-state index contributed by atoms with van der Waals surface area (Å²) in [5.41, 5.74) is 1.98. The molecule has 0 saturated carbocycles. The second kappa shape index (κ2) is 7.92. The summed E-state index contributed by atoms with van der Waals surface area (Å²) in [6, 6.07) is 6.18. The third-order valence-corrected chi connectivity index (χ3v) is 3.97. The van der Waals surface area contributed by atoms with E-state index in [-0.39, 0.29) is 11.6 Å². The van der Waals surface area contributed by atoms with Crippen molar-refractivity contribution in [2.24, 2.45) is 14.1 Å². The topological polar surface area (TPSA) is 106 Å². The van der Waals surface area contributed by atoms with Crippen LogP contribution in [-0.2, 0) is 20.6 Å². The maximum Gasteiger partial charge on any atom is 0.323 e. The molecule has 0 spiro atoms. The van der Waals surface area contributed by atoms with E-state index in [0.29, 0.717) is 22.9 Å². The Morgan fingerprint density at radius 1 is 1.07 bits per heavy atom. The van der Waals surface area contributed by atoms with Gasteiger partial charge in [0.2, 0.25) is 0 Å². The molecule has 0 aliphatic carbocycles. The highest BCUT2D eigenvalue weighted by Crippen LogP contribution is 2.16. The van der Waals surface area contributed by atoms with Crippen molar-refractivity contribution in [1.29, 1.82) is 0 Å². The van der Waals surface area contributed by atoms with Crippen LogP contribution in [0.5, 0.6) is 0 Å². The number of aromatic nitrogens is 4. The van der Waals surface area contributed by atoms with Crippen LogP contribution in [-0.4, -0.2) is 31.5 Å². The first kappa shape index (κ1) is 18.5. The summed E-state index contributed by atoms with van der Waals surface area (Å²) in [5, 5.41) is 16.8. The van der Waals surface area contributed by atoms with Crippen molar-refractivity contribution < 1.29 is 9.59 Å². The molecule has 1 aromatic carbocycles. The summed E-state index contributed by atoms with van der Waals surface area (Å²) in [7, 11) is 3.43. The van der Waals surface area contributed by atoms with Crippen LogP contribution in [0.25, 0.3) is 0 Å². The summed E-state index contributed by atoms with van der Waals surface area (Å²) >= 11 is 5.82. The van der Waals surface area contributed by atoms with E-state index in [1.165, 1.54) is 10.9 Å². The van der Waals surface area contributed by atoms with E-state index in [0.717, 1.165) is 5.56 Å². The molecule has 10 heteroatoms. The number of nitrogens with zero attached hydrogens (tertiary/aromatic N) is 4. The van der Waals surface area contributed by atoms with Crippen molar-refractivity contribution in [2.45, 2.75) is 6.54 Å². The largest absolute Gasteiger partial charge is 0.346 e. The average Bonchev–Trinajstić information content (AvgIpc) is 3.20. The molecule has 9 nitrogen and oxygen atoms in total. The summed E-state index contributed by atoms with van der Waals surface area (Å²) < 4.78 is 3.05. The lowest BCUT2D eigenvalue weighted by atomic mass is 10.3. The number of nitrogens with one attached hydrogen (secondary N) is 3. The highest BCUT2D eigenvalue weighted by molar-refractivity contribution is 6.30. The van der Waals surface area contributed by atoms with Crippen molar-refractivity contribution in [3.05, 3.63) is 59.1 Å². The third-order valence-electron chi connectivity index (χ3n) is 3.72. The molecule has 3 N–H and O–H groups in total. The van der Waals surface area contributed by atoms with Crippen molar-refractivity contribution in [3.8, 4) is 0 Å². The number of aryl methyl sites for hydroxylation is 2. The molecule has 2 heterocycles. The zero-order valence-electron chi connectivity index (χ0n) is 14.7. The van der Waals surface area contributed by atoms with E-state index in [2.05, 4.69) is 26.1 Å². The Morgan fingerprint density at radius 2 is 1.81 bits per heavy atom. The minimum Gasteiger partial charge on any atom is -0.346 e. The quantitative estimate of drug-likeness (QED) is 0.624. The van der Waals surface area contributed by atoms with Crippen LogP contribution < -0.4 is 16.0 Å². The first-order valence-electron chi connectivity index (χ1n) is 8.03. The SMILES string of the molecule is Cn1cc(CNC(=O)c2c(NC(=O)Nc3ccc(Cl)cc3)cnn2C)cn1. The van der Waals surface area contributed by atoms with E-state index < -0.39 is 6.03 Å². The first-order chi connectivity index (χ1) is 12.9. The Balaban J connectivity index is 1.65. The Labute approximate surface area is 160 Å². The third kappa shape index (κ3) is 4.64. The van der Waals surface area contributed by atoms with E-state index in [9.17, 15) is 9.59 Å². The van der Waals surface area contributed by atoms with Gasteiger partial charge in [-0.05, 0) is 24.3 Å². The lowest BCUT2D eigenvalue weighted by Crippen LogP contribution is -2.27. The van der Waals surface area contributed by atoms with Crippen molar-refractivity contribution in [2.75, 3.05) is 10.6 Å². The molecule has 0 bridgehead atoms.